The summed E-state index contributed by atoms with van der Waals surface area (Å²) in [6.07, 6.45) is 1.57. The zero-order valence-corrected chi connectivity index (χ0v) is 16.2. The van der Waals surface area contributed by atoms with Gasteiger partial charge in [-0.1, -0.05) is 6.58 Å². The number of carbonyl (C=O) groups is 1. The van der Waals surface area contributed by atoms with E-state index in [0.717, 1.165) is 6.26 Å². The predicted octanol–water partition coefficient (Wildman–Crippen LogP) is 0.481. The van der Waals surface area contributed by atoms with Crippen molar-refractivity contribution >= 4 is 41.4 Å². The second kappa shape index (κ2) is 8.56. The summed E-state index contributed by atoms with van der Waals surface area (Å²) < 4.78 is 71.6. The quantitative estimate of drug-likeness (QED) is 0.522. The van der Waals surface area contributed by atoms with Gasteiger partial charge in [0.05, 0.1) is 11.2 Å². The number of carbonyl (C=O) groups excluding carboxylic acids is 1. The molecule has 0 aliphatic rings. The van der Waals surface area contributed by atoms with Gasteiger partial charge in [-0.3, -0.25) is 9.35 Å². The van der Waals surface area contributed by atoms with E-state index in [2.05, 4.69) is 11.9 Å². The molecule has 1 aromatic carbocycles. The van der Waals surface area contributed by atoms with Crippen molar-refractivity contribution in [3.05, 3.63) is 36.4 Å². The first-order valence-electron chi connectivity index (χ1n) is 6.41. The highest BCUT2D eigenvalue weighted by Gasteiger charge is 2.20. The van der Waals surface area contributed by atoms with Crippen molar-refractivity contribution < 1.29 is 34.6 Å². The van der Waals surface area contributed by atoms with Crippen LogP contribution in [-0.4, -0.2) is 53.3 Å². The number of hydrogen-bond acceptors (Lipinski definition) is 7. The van der Waals surface area contributed by atoms with E-state index in [1.165, 1.54) is 24.3 Å². The minimum atomic E-state index is -3.90. The highest BCUT2D eigenvalue weighted by atomic mass is 32.3. The van der Waals surface area contributed by atoms with Gasteiger partial charge in [-0.05, 0) is 31.2 Å². The monoisotopic (exact) mass is 413 g/mol. The lowest BCUT2D eigenvalue weighted by Crippen LogP contribution is -2.15. The summed E-state index contributed by atoms with van der Waals surface area (Å²) in [6.45, 7) is 5.02. The molecule has 2 N–H and O–H groups in total. The van der Waals surface area contributed by atoms with Crippen molar-refractivity contribution in [1.29, 1.82) is 0 Å². The molecule has 0 radical (unpaired) electrons. The second-order valence-corrected chi connectivity index (χ2v) is 11.1. The number of nitrogens with one attached hydrogen (secondary N) is 1. The van der Waals surface area contributed by atoms with Gasteiger partial charge >= 0.3 is 0 Å². The molecule has 142 valence electrons. The van der Waals surface area contributed by atoms with Crippen LogP contribution in [0.5, 0.6) is 0 Å². The molecule has 12 heteroatoms. The van der Waals surface area contributed by atoms with E-state index in [1.807, 2.05) is 0 Å². The first-order chi connectivity index (χ1) is 11.0. The SMILES string of the molecule is C=C(C)C(=O)Nc1ccc(S(=O)(=O)CS(C)(=O)=O)cc1.CS(=O)(=O)O. The third kappa shape index (κ3) is 11.4. The molecule has 0 saturated carbocycles. The maximum atomic E-state index is 11.8. The van der Waals surface area contributed by atoms with Crippen molar-refractivity contribution in [3.63, 3.8) is 0 Å². The van der Waals surface area contributed by atoms with Crippen LogP contribution in [0.15, 0.2) is 41.3 Å². The summed E-state index contributed by atoms with van der Waals surface area (Å²) in [5, 5.41) is 1.57. The molecule has 9 nitrogen and oxygen atoms in total. The first kappa shape index (κ1) is 23.2. The molecule has 0 spiro atoms. The molecule has 0 bridgehead atoms. The average molecular weight is 413 g/mol. The van der Waals surface area contributed by atoms with Crippen molar-refractivity contribution in [1.82, 2.24) is 0 Å². The molecule has 1 amide bonds. The molecule has 0 aliphatic carbocycles. The molecule has 0 aromatic heterocycles. The van der Waals surface area contributed by atoms with E-state index >= 15 is 0 Å². The second-order valence-electron chi connectivity index (χ2n) is 5.15. The average Bonchev–Trinajstić information content (AvgIpc) is 2.34. The Morgan fingerprint density at radius 2 is 1.44 bits per heavy atom. The fourth-order valence-electron chi connectivity index (χ4n) is 1.33. The highest BCUT2D eigenvalue weighted by Crippen LogP contribution is 2.17. The van der Waals surface area contributed by atoms with Gasteiger partial charge in [-0.15, -0.1) is 0 Å². The van der Waals surface area contributed by atoms with E-state index in [1.54, 1.807) is 6.92 Å². The number of sulfone groups is 2. The number of hydrogen-bond donors (Lipinski definition) is 2. The van der Waals surface area contributed by atoms with Crippen LogP contribution >= 0.6 is 0 Å². The van der Waals surface area contributed by atoms with Crippen LogP contribution in [-0.2, 0) is 34.6 Å². The third-order valence-corrected chi connectivity index (χ3v) is 6.17. The molecule has 0 atom stereocenters. The van der Waals surface area contributed by atoms with Crippen molar-refractivity contribution in [2.75, 3.05) is 22.9 Å². The summed E-state index contributed by atoms with van der Waals surface area (Å²) >= 11 is 0. The topological polar surface area (TPSA) is 152 Å². The Bertz CT molecular complexity index is 935. The summed E-state index contributed by atoms with van der Waals surface area (Å²) in [4.78, 5) is 11.3. The van der Waals surface area contributed by atoms with Crippen LogP contribution in [0.3, 0.4) is 0 Å². The Kier molecular flexibility index (Phi) is 7.96. The Morgan fingerprint density at radius 3 is 1.76 bits per heavy atom. The van der Waals surface area contributed by atoms with Gasteiger partial charge in [0.1, 0.15) is 0 Å². The maximum Gasteiger partial charge on any atom is 0.261 e. The lowest BCUT2D eigenvalue weighted by molar-refractivity contribution is -0.112. The highest BCUT2D eigenvalue weighted by molar-refractivity contribution is 8.07. The Labute approximate surface area is 147 Å². The lowest BCUT2D eigenvalue weighted by atomic mass is 10.3. The number of rotatable bonds is 5. The standard InChI is InChI=1S/C12H15NO5S2.CH4O3S/c1-9(2)12(14)13-10-4-6-11(7-5-10)20(17,18)8-19(3,15)16;1-5(2,3)4/h4-7H,1,8H2,2-3H3,(H,13,14);1H3,(H,2,3,4). The minimum absolute atomic E-state index is 0.115. The molecule has 0 heterocycles. The third-order valence-electron chi connectivity index (χ3n) is 2.23. The largest absolute Gasteiger partial charge is 0.322 e. The van der Waals surface area contributed by atoms with Gasteiger partial charge < -0.3 is 5.32 Å². The van der Waals surface area contributed by atoms with Crippen LogP contribution in [0.1, 0.15) is 6.92 Å². The first-order valence-corrected chi connectivity index (χ1v) is 12.0. The van der Waals surface area contributed by atoms with Crippen molar-refractivity contribution in [2.24, 2.45) is 0 Å². The number of amides is 1. The van der Waals surface area contributed by atoms with Crippen molar-refractivity contribution in [2.45, 2.75) is 11.8 Å². The maximum absolute atomic E-state index is 11.8. The van der Waals surface area contributed by atoms with E-state index < -0.39 is 34.9 Å². The van der Waals surface area contributed by atoms with E-state index in [9.17, 15) is 30.0 Å². The Balaban J connectivity index is 0.00000101. The Morgan fingerprint density at radius 1 is 1.04 bits per heavy atom. The molecule has 0 fully saturated rings. The molecule has 0 saturated heterocycles. The van der Waals surface area contributed by atoms with E-state index in [-0.39, 0.29) is 10.8 Å². The zero-order chi connectivity index (χ0) is 20.1. The molecule has 0 aliphatic heterocycles. The smallest absolute Gasteiger partial charge is 0.261 e. The summed E-state index contributed by atoms with van der Waals surface area (Å²) in [5.41, 5.74) is 0.718. The summed E-state index contributed by atoms with van der Waals surface area (Å²) in [5.74, 6) is -0.378. The fourth-order valence-corrected chi connectivity index (χ4v) is 4.68. The van der Waals surface area contributed by atoms with Crippen LogP contribution < -0.4 is 5.32 Å². The van der Waals surface area contributed by atoms with Crippen LogP contribution in [0.2, 0.25) is 0 Å². The van der Waals surface area contributed by atoms with Gasteiger partial charge in [0.25, 0.3) is 16.0 Å². The fraction of sp³-hybridized carbons (Fsp3) is 0.308. The van der Waals surface area contributed by atoms with Gasteiger partial charge in [0.15, 0.2) is 24.8 Å². The van der Waals surface area contributed by atoms with Gasteiger partial charge in [0.2, 0.25) is 0 Å². The molecule has 1 aromatic rings. The molecule has 25 heavy (non-hydrogen) atoms. The van der Waals surface area contributed by atoms with Crippen LogP contribution in [0.4, 0.5) is 5.69 Å². The van der Waals surface area contributed by atoms with E-state index in [4.69, 9.17) is 4.55 Å². The molecular formula is C13H19NO8S3. The zero-order valence-electron chi connectivity index (χ0n) is 13.8. The molecule has 0 unspecified atom stereocenters. The van der Waals surface area contributed by atoms with E-state index in [0.29, 0.717) is 17.5 Å². The van der Waals surface area contributed by atoms with Gasteiger partial charge in [-0.25, -0.2) is 16.8 Å². The number of anilines is 1. The van der Waals surface area contributed by atoms with Crippen LogP contribution in [0.25, 0.3) is 0 Å². The number of benzene rings is 1. The normalized spacial score (nSPS) is 11.8. The van der Waals surface area contributed by atoms with Crippen LogP contribution in [0, 0.1) is 0 Å². The predicted molar refractivity (Wildman–Crippen MR) is 94.3 cm³/mol. The minimum Gasteiger partial charge on any atom is -0.322 e. The van der Waals surface area contributed by atoms with Gasteiger partial charge in [-0.2, -0.15) is 8.42 Å². The Hall–Kier alpha value is -1.76. The summed E-state index contributed by atoms with van der Waals surface area (Å²) in [7, 11) is -11.2. The van der Waals surface area contributed by atoms with Crippen molar-refractivity contribution in [3.8, 4) is 0 Å². The summed E-state index contributed by atoms with van der Waals surface area (Å²) in [6, 6.07) is 5.26. The molecular weight excluding hydrogens is 394 g/mol. The molecule has 1 rings (SSSR count). The van der Waals surface area contributed by atoms with Gasteiger partial charge in [0, 0.05) is 17.5 Å². The lowest BCUT2D eigenvalue weighted by Gasteiger charge is -2.06.